The topological polar surface area (TPSA) is 51.8 Å². The molecule has 0 aliphatic rings. The molecule has 5 rings (SSSR count). The van der Waals surface area contributed by atoms with Gasteiger partial charge in [0.2, 0.25) is 5.89 Å². The zero-order valence-electron chi connectivity index (χ0n) is 12.5. The average molecular weight is 329 g/mol. The predicted octanol–water partition coefficient (Wildman–Crippen LogP) is 5.17. The summed E-state index contributed by atoms with van der Waals surface area (Å²) in [7, 11) is 0. The molecule has 3 heterocycles. The van der Waals surface area contributed by atoms with Crippen LogP contribution in [0, 0.1) is 0 Å². The molecule has 2 aromatic carbocycles. The van der Waals surface area contributed by atoms with Gasteiger partial charge in [-0.25, -0.2) is 9.97 Å². The van der Waals surface area contributed by atoms with Crippen LogP contribution in [0.5, 0.6) is 0 Å². The van der Waals surface area contributed by atoms with Crippen LogP contribution in [0.1, 0.15) is 0 Å². The van der Waals surface area contributed by atoms with Crippen LogP contribution >= 0.6 is 11.3 Å². The second kappa shape index (κ2) is 5.25. The number of thiazole rings is 1. The highest BCUT2D eigenvalue weighted by molar-refractivity contribution is 7.21. The Morgan fingerprint density at radius 3 is 2.50 bits per heavy atom. The molecule has 24 heavy (non-hydrogen) atoms. The number of hydrogen-bond acceptors (Lipinski definition) is 5. The Morgan fingerprint density at radius 2 is 1.62 bits per heavy atom. The maximum atomic E-state index is 5.92. The third-order valence-corrected chi connectivity index (χ3v) is 4.94. The monoisotopic (exact) mass is 329 g/mol. The molecule has 0 amide bonds. The van der Waals surface area contributed by atoms with Crippen molar-refractivity contribution in [1.29, 1.82) is 0 Å². The molecule has 0 bridgehead atoms. The Bertz CT molecular complexity index is 1020. The van der Waals surface area contributed by atoms with Gasteiger partial charge in [0.25, 0.3) is 0 Å². The van der Waals surface area contributed by atoms with E-state index in [1.165, 1.54) is 0 Å². The quantitative estimate of drug-likeness (QED) is 0.448. The molecule has 0 atom stereocenters. The highest BCUT2D eigenvalue weighted by Crippen LogP contribution is 2.36. The van der Waals surface area contributed by atoms with E-state index in [2.05, 4.69) is 16.0 Å². The summed E-state index contributed by atoms with van der Waals surface area (Å²) in [5.74, 6) is 0.568. The van der Waals surface area contributed by atoms with Crippen LogP contribution in [-0.4, -0.2) is 15.0 Å². The van der Waals surface area contributed by atoms with Crippen molar-refractivity contribution in [2.75, 3.05) is 0 Å². The number of para-hydroxylation sites is 3. The summed E-state index contributed by atoms with van der Waals surface area (Å²) in [5.41, 5.74) is 4.45. The lowest BCUT2D eigenvalue weighted by atomic mass is 10.1. The first-order valence-electron chi connectivity index (χ1n) is 7.54. The molecule has 0 radical (unpaired) electrons. The van der Waals surface area contributed by atoms with Gasteiger partial charge >= 0.3 is 0 Å². The van der Waals surface area contributed by atoms with E-state index in [9.17, 15) is 0 Å². The van der Waals surface area contributed by atoms with Crippen LogP contribution in [0.25, 0.3) is 43.3 Å². The van der Waals surface area contributed by atoms with Gasteiger partial charge in [-0.1, -0.05) is 24.3 Å². The summed E-state index contributed by atoms with van der Waals surface area (Å²) in [5, 5.41) is 0.941. The maximum absolute atomic E-state index is 5.92. The fourth-order valence-electron chi connectivity index (χ4n) is 2.73. The molecule has 114 valence electrons. The minimum atomic E-state index is 0.568. The van der Waals surface area contributed by atoms with E-state index in [0.29, 0.717) is 5.89 Å². The summed E-state index contributed by atoms with van der Waals surface area (Å²) in [6, 6.07) is 17.8. The number of fused-ring (bicyclic) bond motifs is 2. The van der Waals surface area contributed by atoms with E-state index in [1.54, 1.807) is 23.7 Å². The second-order valence-corrected chi connectivity index (χ2v) is 6.43. The summed E-state index contributed by atoms with van der Waals surface area (Å²) in [4.78, 5) is 13.6. The number of aromatic nitrogens is 3. The highest BCUT2D eigenvalue weighted by atomic mass is 32.1. The molecule has 0 N–H and O–H groups in total. The van der Waals surface area contributed by atoms with Gasteiger partial charge in [0.05, 0.1) is 15.8 Å². The van der Waals surface area contributed by atoms with E-state index >= 15 is 0 Å². The Labute approximate surface area is 141 Å². The molecule has 0 saturated carbocycles. The lowest BCUT2D eigenvalue weighted by Crippen LogP contribution is -1.86. The molecule has 0 fully saturated rings. The van der Waals surface area contributed by atoms with Gasteiger partial charge < -0.3 is 4.42 Å². The first kappa shape index (κ1) is 13.4. The number of pyridine rings is 1. The van der Waals surface area contributed by atoms with Crippen LogP contribution in [-0.2, 0) is 0 Å². The summed E-state index contributed by atoms with van der Waals surface area (Å²) < 4.78 is 7.08. The minimum absolute atomic E-state index is 0.568. The zero-order valence-corrected chi connectivity index (χ0v) is 13.3. The van der Waals surface area contributed by atoms with Crippen molar-refractivity contribution in [3.8, 4) is 22.0 Å². The number of hydrogen-bond donors (Lipinski definition) is 0. The van der Waals surface area contributed by atoms with E-state index in [-0.39, 0.29) is 0 Å². The fourth-order valence-corrected chi connectivity index (χ4v) is 3.73. The van der Waals surface area contributed by atoms with Crippen molar-refractivity contribution in [2.45, 2.75) is 0 Å². The third-order valence-electron chi connectivity index (χ3n) is 3.87. The van der Waals surface area contributed by atoms with E-state index in [4.69, 9.17) is 9.40 Å². The summed E-state index contributed by atoms with van der Waals surface area (Å²) in [6.07, 6.45) is 3.56. The van der Waals surface area contributed by atoms with Crippen LogP contribution in [0.15, 0.2) is 71.4 Å². The Balaban J connectivity index is 1.72. The van der Waals surface area contributed by atoms with Gasteiger partial charge in [-0.2, -0.15) is 0 Å². The van der Waals surface area contributed by atoms with Crippen molar-refractivity contribution in [1.82, 2.24) is 15.0 Å². The van der Waals surface area contributed by atoms with Gasteiger partial charge in [-0.3, -0.25) is 4.98 Å². The lowest BCUT2D eigenvalue weighted by molar-refractivity contribution is 0.619. The lowest BCUT2D eigenvalue weighted by Gasteiger charge is -2.01. The molecule has 0 aliphatic heterocycles. The van der Waals surface area contributed by atoms with Gasteiger partial charge in [-0.05, 0) is 30.3 Å². The Kier molecular flexibility index (Phi) is 2.93. The standard InChI is InChI=1S/C19H11N3OS/c1-3-7-16-14(5-1)21-18(23-16)13-11-20-10-9-12(13)19-22-15-6-2-4-8-17(15)24-19/h1-11H. The van der Waals surface area contributed by atoms with Crippen LogP contribution in [0.2, 0.25) is 0 Å². The van der Waals surface area contributed by atoms with Gasteiger partial charge in [0.1, 0.15) is 10.5 Å². The van der Waals surface area contributed by atoms with Crippen molar-refractivity contribution in [2.24, 2.45) is 0 Å². The molecule has 0 spiro atoms. The van der Waals surface area contributed by atoms with Crippen LogP contribution in [0.3, 0.4) is 0 Å². The maximum Gasteiger partial charge on any atom is 0.229 e. The zero-order chi connectivity index (χ0) is 15.9. The smallest absolute Gasteiger partial charge is 0.229 e. The summed E-state index contributed by atoms with van der Waals surface area (Å²) >= 11 is 1.66. The SMILES string of the molecule is c1ccc2oc(-c3cnccc3-c3nc4ccccc4s3)nc2c1. The van der Waals surface area contributed by atoms with Crippen molar-refractivity contribution in [3.05, 3.63) is 67.0 Å². The van der Waals surface area contributed by atoms with Crippen molar-refractivity contribution in [3.63, 3.8) is 0 Å². The minimum Gasteiger partial charge on any atom is -0.436 e. The highest BCUT2D eigenvalue weighted by Gasteiger charge is 2.16. The first-order chi connectivity index (χ1) is 11.9. The van der Waals surface area contributed by atoms with Gasteiger partial charge in [0, 0.05) is 18.0 Å². The van der Waals surface area contributed by atoms with Gasteiger partial charge in [0.15, 0.2) is 5.58 Å². The Hall–Kier alpha value is -3.05. The molecular weight excluding hydrogens is 318 g/mol. The molecule has 0 aliphatic carbocycles. The van der Waals surface area contributed by atoms with Crippen LogP contribution in [0.4, 0.5) is 0 Å². The molecule has 5 heteroatoms. The number of benzene rings is 2. The van der Waals surface area contributed by atoms with Gasteiger partial charge in [-0.15, -0.1) is 11.3 Å². The summed E-state index contributed by atoms with van der Waals surface area (Å²) in [6.45, 7) is 0. The fraction of sp³-hybridized carbons (Fsp3) is 0. The average Bonchev–Trinajstić information content (AvgIpc) is 3.25. The number of oxazole rings is 1. The van der Waals surface area contributed by atoms with Crippen molar-refractivity contribution >= 4 is 32.7 Å². The number of rotatable bonds is 2. The molecule has 5 aromatic rings. The predicted molar refractivity (Wildman–Crippen MR) is 95.9 cm³/mol. The first-order valence-corrected chi connectivity index (χ1v) is 8.36. The number of nitrogens with zero attached hydrogens (tertiary/aromatic N) is 3. The molecule has 3 aromatic heterocycles. The Morgan fingerprint density at radius 1 is 0.792 bits per heavy atom. The largest absolute Gasteiger partial charge is 0.436 e. The molecule has 0 saturated heterocycles. The third kappa shape index (κ3) is 2.10. The molecule has 0 unspecified atom stereocenters. The van der Waals surface area contributed by atoms with E-state index in [1.807, 2.05) is 48.5 Å². The molecule has 4 nitrogen and oxygen atoms in total. The van der Waals surface area contributed by atoms with E-state index in [0.717, 1.165) is 37.5 Å². The van der Waals surface area contributed by atoms with E-state index < -0.39 is 0 Å². The van der Waals surface area contributed by atoms with Crippen LogP contribution < -0.4 is 0 Å². The second-order valence-electron chi connectivity index (χ2n) is 5.39. The van der Waals surface area contributed by atoms with Crippen molar-refractivity contribution < 1.29 is 4.42 Å². The molecular formula is C19H11N3OS. The normalized spacial score (nSPS) is 11.3.